The highest BCUT2D eigenvalue weighted by Gasteiger charge is 2.15. The van der Waals surface area contributed by atoms with Crippen molar-refractivity contribution in [3.05, 3.63) is 33.9 Å². The Morgan fingerprint density at radius 3 is 2.47 bits per heavy atom. The highest BCUT2D eigenvalue weighted by molar-refractivity contribution is 7.93. The van der Waals surface area contributed by atoms with Crippen molar-refractivity contribution in [3.8, 4) is 0 Å². The predicted molar refractivity (Wildman–Crippen MR) is 64.4 cm³/mol. The minimum Gasteiger partial charge on any atom is -0.399 e. The minimum absolute atomic E-state index is 0.00757. The summed E-state index contributed by atoms with van der Waals surface area (Å²) >= 11 is 0.675. The Labute approximate surface area is 100 Å². The van der Waals surface area contributed by atoms with Crippen LogP contribution < -0.4 is 15.3 Å². The van der Waals surface area contributed by atoms with Crippen molar-refractivity contribution in [3.63, 3.8) is 0 Å². The lowest BCUT2D eigenvalue weighted by atomic mass is 10.3. The minimum atomic E-state index is -3.73. The van der Waals surface area contributed by atoms with Gasteiger partial charge in [0.05, 0.1) is 4.90 Å². The molecular weight excluding hydrogens is 264 g/mol. The number of hydrogen-bond donors (Lipinski definition) is 3. The molecule has 0 saturated heterocycles. The third-order valence-electron chi connectivity index (χ3n) is 1.85. The van der Waals surface area contributed by atoms with Crippen LogP contribution in [0, 0.1) is 0 Å². The molecule has 2 rings (SSSR count). The van der Waals surface area contributed by atoms with Crippen LogP contribution in [0.3, 0.4) is 0 Å². The number of nitrogens with zero attached hydrogens (tertiary/aromatic N) is 1. The van der Waals surface area contributed by atoms with Crippen molar-refractivity contribution in [1.82, 2.24) is 10.2 Å². The fourth-order valence-corrected chi connectivity index (χ4v) is 2.84. The summed E-state index contributed by atoms with van der Waals surface area (Å²) in [5, 5.41) is 5.62. The smallest absolute Gasteiger partial charge is 0.324 e. The maximum absolute atomic E-state index is 11.8. The fourth-order valence-electron chi connectivity index (χ4n) is 1.09. The molecule has 1 aromatic carbocycles. The van der Waals surface area contributed by atoms with E-state index in [1.165, 1.54) is 24.3 Å². The van der Waals surface area contributed by atoms with Crippen LogP contribution in [0.4, 0.5) is 10.8 Å². The van der Waals surface area contributed by atoms with E-state index in [-0.39, 0.29) is 10.0 Å². The highest BCUT2D eigenvalue weighted by Crippen LogP contribution is 2.16. The number of benzene rings is 1. The van der Waals surface area contributed by atoms with Crippen LogP contribution in [0.2, 0.25) is 0 Å². The summed E-state index contributed by atoms with van der Waals surface area (Å²) in [6.07, 6.45) is 0. The molecule has 0 aliphatic rings. The number of hydrogen-bond acceptors (Lipinski definition) is 6. The van der Waals surface area contributed by atoms with Gasteiger partial charge in [-0.15, -0.1) is 5.10 Å². The van der Waals surface area contributed by atoms with E-state index in [0.717, 1.165) is 0 Å². The van der Waals surface area contributed by atoms with Crippen LogP contribution in [0.15, 0.2) is 34.0 Å². The van der Waals surface area contributed by atoms with Crippen LogP contribution in [-0.2, 0) is 10.0 Å². The molecule has 0 amide bonds. The second-order valence-electron chi connectivity index (χ2n) is 3.09. The number of aromatic amines is 1. The van der Waals surface area contributed by atoms with Gasteiger partial charge < -0.3 is 5.73 Å². The van der Waals surface area contributed by atoms with Crippen LogP contribution in [0.25, 0.3) is 0 Å². The summed E-state index contributed by atoms with van der Waals surface area (Å²) in [6, 6.07) is 5.68. The van der Waals surface area contributed by atoms with E-state index in [1.807, 2.05) is 0 Å². The van der Waals surface area contributed by atoms with Crippen molar-refractivity contribution in [2.45, 2.75) is 4.90 Å². The standard InChI is InChI=1S/C8H8N4O3S2/c9-5-1-3-6(4-2-5)17(14,15)12-7-10-11-8(13)16-7/h1-4H,9H2,(H,10,12)(H,11,13). The first-order valence-corrected chi connectivity index (χ1v) is 6.71. The van der Waals surface area contributed by atoms with Gasteiger partial charge in [-0.05, 0) is 35.6 Å². The maximum Gasteiger partial charge on any atom is 0.324 e. The zero-order valence-electron chi connectivity index (χ0n) is 8.38. The van der Waals surface area contributed by atoms with Gasteiger partial charge in [0, 0.05) is 5.69 Å². The van der Waals surface area contributed by atoms with E-state index >= 15 is 0 Å². The predicted octanol–water partition coefficient (Wildman–Crippen LogP) is 0.214. The van der Waals surface area contributed by atoms with Crippen molar-refractivity contribution in [1.29, 1.82) is 0 Å². The molecule has 0 radical (unpaired) electrons. The molecule has 90 valence electrons. The van der Waals surface area contributed by atoms with E-state index in [1.54, 1.807) is 0 Å². The summed E-state index contributed by atoms with van der Waals surface area (Å²) in [7, 11) is -3.73. The lowest BCUT2D eigenvalue weighted by molar-refractivity contribution is 0.601. The van der Waals surface area contributed by atoms with Gasteiger partial charge in [0.2, 0.25) is 5.13 Å². The molecule has 1 heterocycles. The van der Waals surface area contributed by atoms with Gasteiger partial charge in [0.1, 0.15) is 0 Å². The van der Waals surface area contributed by atoms with Crippen molar-refractivity contribution >= 4 is 32.2 Å². The molecule has 9 heteroatoms. The number of nitrogens with two attached hydrogens (primary N) is 1. The highest BCUT2D eigenvalue weighted by atomic mass is 32.2. The molecule has 0 aliphatic heterocycles. The monoisotopic (exact) mass is 272 g/mol. The first-order valence-electron chi connectivity index (χ1n) is 4.41. The molecular formula is C8H8N4O3S2. The number of nitrogens with one attached hydrogen (secondary N) is 2. The van der Waals surface area contributed by atoms with Gasteiger partial charge in [0.25, 0.3) is 10.0 Å². The lowest BCUT2D eigenvalue weighted by Gasteiger charge is -2.04. The molecule has 0 bridgehead atoms. The summed E-state index contributed by atoms with van der Waals surface area (Å²) < 4.78 is 25.8. The summed E-state index contributed by atoms with van der Waals surface area (Å²) in [4.78, 5) is 10.4. The van der Waals surface area contributed by atoms with Gasteiger partial charge >= 0.3 is 4.87 Å². The topological polar surface area (TPSA) is 118 Å². The number of rotatable bonds is 3. The number of anilines is 2. The Hall–Kier alpha value is -1.87. The van der Waals surface area contributed by atoms with Crippen LogP contribution in [0.5, 0.6) is 0 Å². The molecule has 17 heavy (non-hydrogen) atoms. The van der Waals surface area contributed by atoms with Crippen molar-refractivity contribution in [2.24, 2.45) is 0 Å². The largest absolute Gasteiger partial charge is 0.399 e. The van der Waals surface area contributed by atoms with Gasteiger partial charge in [-0.25, -0.2) is 13.5 Å². The Kier molecular flexibility index (Phi) is 2.86. The number of sulfonamides is 1. The fraction of sp³-hybridized carbons (Fsp3) is 0. The Morgan fingerprint density at radius 1 is 1.29 bits per heavy atom. The molecule has 0 fully saturated rings. The molecule has 0 saturated carbocycles. The van der Waals surface area contributed by atoms with E-state index in [0.29, 0.717) is 17.0 Å². The molecule has 4 N–H and O–H groups in total. The molecule has 0 atom stereocenters. The quantitative estimate of drug-likeness (QED) is 0.690. The first-order chi connectivity index (χ1) is 7.97. The van der Waals surface area contributed by atoms with Crippen LogP contribution in [0.1, 0.15) is 0 Å². The van der Waals surface area contributed by atoms with E-state index in [2.05, 4.69) is 14.9 Å². The second kappa shape index (κ2) is 4.18. The molecule has 0 aliphatic carbocycles. The Bertz CT molecular complexity index is 671. The third-order valence-corrected chi connectivity index (χ3v) is 4.00. The van der Waals surface area contributed by atoms with E-state index in [4.69, 9.17) is 5.73 Å². The molecule has 0 unspecified atom stereocenters. The van der Waals surface area contributed by atoms with E-state index in [9.17, 15) is 13.2 Å². The summed E-state index contributed by atoms with van der Waals surface area (Å²) in [5.41, 5.74) is 5.92. The third kappa shape index (κ3) is 2.63. The van der Waals surface area contributed by atoms with Crippen molar-refractivity contribution in [2.75, 3.05) is 10.5 Å². The zero-order chi connectivity index (χ0) is 12.5. The molecule has 1 aromatic heterocycles. The van der Waals surface area contributed by atoms with Crippen LogP contribution >= 0.6 is 11.3 Å². The van der Waals surface area contributed by atoms with Gasteiger partial charge in [-0.2, -0.15) is 0 Å². The van der Waals surface area contributed by atoms with Gasteiger partial charge in [-0.1, -0.05) is 0 Å². The Morgan fingerprint density at radius 2 is 1.94 bits per heavy atom. The Balaban J connectivity index is 2.31. The van der Waals surface area contributed by atoms with Crippen molar-refractivity contribution < 1.29 is 8.42 Å². The average molecular weight is 272 g/mol. The molecule has 2 aromatic rings. The van der Waals surface area contributed by atoms with Gasteiger partial charge in [-0.3, -0.25) is 9.52 Å². The zero-order valence-corrected chi connectivity index (χ0v) is 10.0. The average Bonchev–Trinajstić information content (AvgIpc) is 2.63. The lowest BCUT2D eigenvalue weighted by Crippen LogP contribution is -2.12. The first kappa shape index (κ1) is 11.6. The normalized spacial score (nSPS) is 11.3. The number of H-pyrrole nitrogens is 1. The summed E-state index contributed by atoms with van der Waals surface area (Å²) in [6.45, 7) is 0. The molecule has 0 spiro atoms. The van der Waals surface area contributed by atoms with E-state index < -0.39 is 14.9 Å². The SMILES string of the molecule is Nc1ccc(S(=O)(=O)Nc2n[nH]c(=O)s2)cc1. The van der Waals surface area contributed by atoms with Gasteiger partial charge in [0.15, 0.2) is 0 Å². The number of nitrogen functional groups attached to an aromatic ring is 1. The van der Waals surface area contributed by atoms with Crippen LogP contribution in [-0.4, -0.2) is 18.6 Å². The summed E-state index contributed by atoms with van der Waals surface area (Å²) in [5.74, 6) is 0. The number of aromatic nitrogens is 2. The maximum atomic E-state index is 11.8. The second-order valence-corrected chi connectivity index (χ2v) is 5.74. The molecule has 7 nitrogen and oxygen atoms in total.